The molecule has 2 aliphatic carbocycles. The number of benzene rings is 5. The maximum Gasteiger partial charge on any atom is 0.255 e. The number of nitrogens with zero attached hydrogens (tertiary/aromatic N) is 3. The number of likely N-dealkylation sites (tertiary alicyclic amines) is 1. The van der Waals surface area contributed by atoms with Crippen LogP contribution >= 0.6 is 0 Å². The predicted molar refractivity (Wildman–Crippen MR) is 300 cm³/mol. The number of nitrogens with two attached hydrogens (primary N) is 1. The van der Waals surface area contributed by atoms with Crippen LogP contribution in [0.3, 0.4) is 0 Å². The van der Waals surface area contributed by atoms with E-state index in [0.717, 1.165) is 53.7 Å². The van der Waals surface area contributed by atoms with E-state index in [-0.39, 0.29) is 79.2 Å². The molecule has 0 bridgehead atoms. The van der Waals surface area contributed by atoms with Crippen molar-refractivity contribution in [2.24, 2.45) is 5.73 Å². The van der Waals surface area contributed by atoms with Crippen molar-refractivity contribution < 1.29 is 52.6 Å². The van der Waals surface area contributed by atoms with E-state index in [0.29, 0.717) is 47.5 Å². The van der Waals surface area contributed by atoms with E-state index in [9.17, 15) is 38.7 Å². The minimum atomic E-state index is -1.35. The highest BCUT2D eigenvalue weighted by Gasteiger charge is 2.38. The molecular weight excluding hydrogens is 1010 g/mol. The summed E-state index contributed by atoms with van der Waals surface area (Å²) in [5, 5.41) is 23.3. The molecule has 0 saturated carbocycles. The summed E-state index contributed by atoms with van der Waals surface area (Å²) in [6, 6.07) is 25.7. The zero-order chi connectivity index (χ0) is 56.3. The molecule has 414 valence electrons. The lowest BCUT2D eigenvalue weighted by Gasteiger charge is -2.27. The van der Waals surface area contributed by atoms with Crippen molar-refractivity contribution in [3.8, 4) is 28.2 Å². The number of ether oxygens (including phenoxy) is 2. The lowest BCUT2D eigenvalue weighted by Crippen LogP contribution is -2.56. The van der Waals surface area contributed by atoms with E-state index in [1.807, 2.05) is 36.4 Å². The second-order valence-corrected chi connectivity index (χ2v) is 19.4. The molecule has 0 aromatic heterocycles. The highest BCUT2D eigenvalue weighted by molar-refractivity contribution is 6.31. The molecule has 0 radical (unpaired) electrons. The summed E-state index contributed by atoms with van der Waals surface area (Å²) >= 11 is 0. The van der Waals surface area contributed by atoms with Crippen molar-refractivity contribution >= 4 is 63.4 Å². The van der Waals surface area contributed by atoms with Crippen LogP contribution in [0.1, 0.15) is 96.1 Å². The molecule has 4 aliphatic rings. The molecule has 4 aromatic rings. The molecule has 7 N–H and O–H groups in total. The number of fused-ring (bicyclic) bond motifs is 4. The van der Waals surface area contributed by atoms with Crippen LogP contribution in [0, 0.1) is 0 Å². The predicted octanol–water partition coefficient (Wildman–Crippen LogP) is 5.07. The number of hydrogen-bond donors (Lipinski definition) is 6. The smallest absolute Gasteiger partial charge is 0.255 e. The first kappa shape index (κ1) is 56.8. The number of aromatic hydroxyl groups is 1. The van der Waals surface area contributed by atoms with Crippen molar-refractivity contribution in [3.05, 3.63) is 130 Å². The minimum absolute atomic E-state index is 0.0234. The fraction of sp³-hybridized carbons (Fsp3) is 0.367. The number of phenolic OH excluding ortho intramolecular Hbond substituents is 1. The van der Waals surface area contributed by atoms with E-state index < -0.39 is 54.0 Å². The Morgan fingerprint density at radius 1 is 0.759 bits per heavy atom. The average molecular weight is 1080 g/mol. The van der Waals surface area contributed by atoms with Crippen molar-refractivity contribution in [3.63, 3.8) is 0 Å². The fourth-order valence-electron chi connectivity index (χ4n) is 10.4. The van der Waals surface area contributed by atoms with Gasteiger partial charge < -0.3 is 55.8 Å². The number of rotatable bonds is 24. The quantitative estimate of drug-likeness (QED) is 0.0200. The van der Waals surface area contributed by atoms with Crippen molar-refractivity contribution in [1.82, 2.24) is 25.4 Å². The maximum atomic E-state index is 14.8. The Hall–Kier alpha value is -8.42. The summed E-state index contributed by atoms with van der Waals surface area (Å²) in [7, 11) is 0. The standard InChI is InChI=1S/C60H68N8O11/c1-6-66(7-2)37-20-22-43-49(33-37)79-50-34-38(67(8-3)9-4)21-23-44(50)52(43)39-15-10-13-18-42(39)60(76)68-28-14-19-47(68)59(75)64-36(5)57(73)65-46(35-51(61)70)58(74)63-27-30-78-32-31-77-29-26-62-45-24-25-48(69)54-53(45)55(71)40-16-11-12-17-41(40)56(54)72/h10-13,15-18,20-25,33-34,36,46-47H,6-9,14,19,26-32,35H2,1-5H3,(H6,61,63,64,65,70,73,74,75,76)/p+1. The molecule has 1 fully saturated rings. The molecule has 0 spiro atoms. The van der Waals surface area contributed by atoms with Gasteiger partial charge in [-0.15, -0.1) is 0 Å². The van der Waals surface area contributed by atoms with Gasteiger partial charge in [-0.1, -0.05) is 42.5 Å². The largest absolute Gasteiger partial charge is 0.507 e. The average Bonchev–Trinajstić information content (AvgIpc) is 4.07. The van der Waals surface area contributed by atoms with Gasteiger partial charge in [0.2, 0.25) is 29.0 Å². The van der Waals surface area contributed by atoms with Gasteiger partial charge in [-0.2, -0.15) is 0 Å². The van der Waals surface area contributed by atoms with Crippen LogP contribution in [0.5, 0.6) is 5.75 Å². The van der Waals surface area contributed by atoms with Crippen LogP contribution in [0.15, 0.2) is 101 Å². The summed E-state index contributed by atoms with van der Waals surface area (Å²) in [6.07, 6.45) is 0.398. The lowest BCUT2D eigenvalue weighted by atomic mass is 9.82. The molecule has 3 unspecified atom stereocenters. The number of anilines is 2. The van der Waals surface area contributed by atoms with Crippen LogP contribution < -0.4 is 41.8 Å². The highest BCUT2D eigenvalue weighted by atomic mass is 16.5. The Bertz CT molecular complexity index is 3330. The normalized spacial score (nSPS) is 14.5. The molecule has 2 aliphatic heterocycles. The minimum Gasteiger partial charge on any atom is -0.507 e. The first-order chi connectivity index (χ1) is 38.2. The van der Waals surface area contributed by atoms with E-state index in [4.69, 9.17) is 19.6 Å². The van der Waals surface area contributed by atoms with Gasteiger partial charge in [0, 0.05) is 89.4 Å². The summed E-state index contributed by atoms with van der Waals surface area (Å²) in [5.41, 5.74) is 10.9. The third kappa shape index (κ3) is 12.5. The van der Waals surface area contributed by atoms with E-state index in [2.05, 4.69) is 70.6 Å². The van der Waals surface area contributed by atoms with Crippen molar-refractivity contribution in [1.29, 1.82) is 0 Å². The highest BCUT2D eigenvalue weighted by Crippen LogP contribution is 2.43. The lowest BCUT2D eigenvalue weighted by molar-refractivity contribution is -0.134. The van der Waals surface area contributed by atoms with E-state index in [1.54, 1.807) is 41.3 Å². The number of ketones is 2. The Morgan fingerprint density at radius 2 is 1.43 bits per heavy atom. The number of primary amides is 1. The summed E-state index contributed by atoms with van der Waals surface area (Å²) in [4.78, 5) is 97.9. The fourth-order valence-corrected chi connectivity index (χ4v) is 10.4. The van der Waals surface area contributed by atoms with Crippen LogP contribution in [0.2, 0.25) is 0 Å². The number of hydrogen-bond acceptors (Lipinski definition) is 13. The van der Waals surface area contributed by atoms with Crippen LogP contribution in [-0.4, -0.2) is 141 Å². The third-order valence-corrected chi connectivity index (χ3v) is 14.5. The number of carbonyl (C=O) groups excluding carboxylic acids is 7. The van der Waals surface area contributed by atoms with E-state index in [1.165, 1.54) is 19.1 Å². The summed E-state index contributed by atoms with van der Waals surface area (Å²) in [6.45, 7) is 14.4. The summed E-state index contributed by atoms with van der Waals surface area (Å²) in [5.74, 6) is -3.56. The molecule has 79 heavy (non-hydrogen) atoms. The molecule has 19 nitrogen and oxygen atoms in total. The zero-order valence-electron chi connectivity index (χ0n) is 45.3. The van der Waals surface area contributed by atoms with Gasteiger partial charge in [0.05, 0.1) is 50.0 Å². The molecule has 8 rings (SSSR count). The first-order valence-electron chi connectivity index (χ1n) is 27.0. The number of phenols is 1. The zero-order valence-corrected chi connectivity index (χ0v) is 45.3. The van der Waals surface area contributed by atoms with Gasteiger partial charge >= 0.3 is 0 Å². The maximum absolute atomic E-state index is 14.8. The monoisotopic (exact) mass is 1080 g/mol. The van der Waals surface area contributed by atoms with Crippen LogP contribution in [0.25, 0.3) is 33.4 Å². The van der Waals surface area contributed by atoms with Gasteiger partial charge in [-0.25, -0.2) is 4.58 Å². The molecule has 2 heterocycles. The Morgan fingerprint density at radius 3 is 2.11 bits per heavy atom. The molecule has 19 heteroatoms. The topological polar surface area (TPSA) is 255 Å². The third-order valence-electron chi connectivity index (χ3n) is 14.5. The van der Waals surface area contributed by atoms with Crippen molar-refractivity contribution in [2.45, 2.75) is 72.0 Å². The van der Waals surface area contributed by atoms with Gasteiger partial charge in [0.1, 0.15) is 48.3 Å². The number of nitrogens with one attached hydrogen (secondary N) is 4. The van der Waals surface area contributed by atoms with Gasteiger partial charge in [-0.05, 0) is 89.4 Å². The second-order valence-electron chi connectivity index (χ2n) is 19.4. The SMILES string of the molecule is CCN(CC)c1ccc2c(-c3ccccc3C(=O)N3CCCC3C(=O)NC(C)C(=O)NC(CC(N)=O)C(=O)NCCOCCOCCNc3ccc(O)c4c3C(=O)c3ccccc3C4=O)c3ccc(=[N+](CC)CC)cc-3oc2c1. The Kier molecular flexibility index (Phi) is 18.6. The van der Waals surface area contributed by atoms with E-state index >= 15 is 0 Å². The second kappa shape index (κ2) is 25.8. The molecule has 5 amide bonds. The molecule has 1 saturated heterocycles. The van der Waals surface area contributed by atoms with Gasteiger partial charge in [0.25, 0.3) is 5.91 Å². The summed E-state index contributed by atoms with van der Waals surface area (Å²) < 4.78 is 20.2. The van der Waals surface area contributed by atoms with Gasteiger partial charge in [-0.3, -0.25) is 33.6 Å². The molecule has 4 aromatic carbocycles. The molecular formula is C60H69N8O11+. The Balaban J connectivity index is 0.844. The molecule has 3 atom stereocenters. The van der Waals surface area contributed by atoms with Gasteiger partial charge in [0.15, 0.2) is 11.6 Å². The Labute approximate surface area is 458 Å². The number of carbonyl (C=O) groups is 7. The van der Waals surface area contributed by atoms with Crippen molar-refractivity contribution in [2.75, 3.05) is 82.5 Å². The van der Waals surface area contributed by atoms with Crippen LogP contribution in [0.4, 0.5) is 11.4 Å². The first-order valence-corrected chi connectivity index (χ1v) is 27.0. The number of amides is 5. The van der Waals surface area contributed by atoms with Crippen LogP contribution in [-0.2, 0) is 28.7 Å².